The summed E-state index contributed by atoms with van der Waals surface area (Å²) < 4.78 is 1.30. The number of hydrogen-bond acceptors (Lipinski definition) is 4. The molecule has 2 aliphatic rings. The van der Waals surface area contributed by atoms with E-state index in [1.807, 2.05) is 0 Å². The van der Waals surface area contributed by atoms with Crippen LogP contribution in [0.1, 0.15) is 30.7 Å². The Kier molecular flexibility index (Phi) is 3.15. The molecule has 3 nitrogen and oxygen atoms in total. The van der Waals surface area contributed by atoms with Gasteiger partial charge in [-0.2, -0.15) is 0 Å². The summed E-state index contributed by atoms with van der Waals surface area (Å²) in [5, 5.41) is 4.90. The Balaban J connectivity index is 1.49. The number of rotatable bonds is 2. The highest BCUT2D eigenvalue weighted by atomic mass is 32.1. The largest absolute Gasteiger partial charge is 0.382 e. The van der Waals surface area contributed by atoms with Gasteiger partial charge in [-0.05, 0) is 57.4 Å². The first-order valence-corrected chi connectivity index (χ1v) is 8.47. The summed E-state index contributed by atoms with van der Waals surface area (Å²) in [6.07, 6.45) is 5.37. The summed E-state index contributed by atoms with van der Waals surface area (Å²) in [5.41, 5.74) is 2.39. The molecule has 2 fully saturated rings. The second-order valence-electron chi connectivity index (χ2n) is 6.11. The number of hydrogen-bond donors (Lipinski definition) is 1. The molecule has 2 saturated heterocycles. The van der Waals surface area contributed by atoms with Crippen molar-refractivity contribution in [2.75, 3.05) is 18.4 Å². The summed E-state index contributed by atoms with van der Waals surface area (Å²) in [6, 6.07) is 8.06. The Morgan fingerprint density at radius 3 is 3.20 bits per heavy atom. The number of benzene rings is 1. The lowest BCUT2D eigenvalue weighted by atomic mass is 9.97. The molecule has 2 atom stereocenters. The molecule has 4 heteroatoms. The molecule has 2 aromatic rings. The van der Waals surface area contributed by atoms with Gasteiger partial charge in [0.1, 0.15) is 0 Å². The van der Waals surface area contributed by atoms with E-state index in [9.17, 15) is 0 Å². The highest BCUT2D eigenvalue weighted by molar-refractivity contribution is 7.18. The summed E-state index contributed by atoms with van der Waals surface area (Å²) in [5.74, 6) is 0. The van der Waals surface area contributed by atoms with E-state index in [2.05, 4.69) is 40.3 Å². The standard InChI is InChI=1S/C16H21N3S/c1-11-17-15-5-4-12(10-16(15)20-11)18-13-6-8-19-7-2-3-14(19)9-13/h4-5,10,13-14,18H,2-3,6-9H2,1H3. The average Bonchev–Trinajstić information content (AvgIpc) is 3.02. The van der Waals surface area contributed by atoms with Crippen LogP contribution in [-0.2, 0) is 0 Å². The normalized spacial score (nSPS) is 26.9. The second-order valence-corrected chi connectivity index (χ2v) is 7.35. The quantitative estimate of drug-likeness (QED) is 0.914. The van der Waals surface area contributed by atoms with Crippen molar-refractivity contribution in [3.8, 4) is 0 Å². The van der Waals surface area contributed by atoms with Crippen molar-refractivity contribution in [3.05, 3.63) is 23.2 Å². The molecule has 1 aromatic carbocycles. The van der Waals surface area contributed by atoms with Gasteiger partial charge in [-0.3, -0.25) is 0 Å². The molecule has 1 N–H and O–H groups in total. The van der Waals surface area contributed by atoms with Gasteiger partial charge < -0.3 is 10.2 Å². The van der Waals surface area contributed by atoms with Crippen molar-refractivity contribution in [2.24, 2.45) is 0 Å². The van der Waals surface area contributed by atoms with Gasteiger partial charge in [0.05, 0.1) is 15.2 Å². The van der Waals surface area contributed by atoms with E-state index in [1.165, 1.54) is 49.2 Å². The van der Waals surface area contributed by atoms with Crippen LogP contribution < -0.4 is 5.32 Å². The number of anilines is 1. The molecule has 4 rings (SSSR count). The van der Waals surface area contributed by atoms with Gasteiger partial charge >= 0.3 is 0 Å². The molecule has 0 amide bonds. The minimum absolute atomic E-state index is 0.640. The van der Waals surface area contributed by atoms with Crippen LogP contribution in [0.2, 0.25) is 0 Å². The van der Waals surface area contributed by atoms with Crippen LogP contribution >= 0.6 is 11.3 Å². The third kappa shape index (κ3) is 2.31. The first kappa shape index (κ1) is 12.6. The highest BCUT2D eigenvalue weighted by Crippen LogP contribution is 2.30. The molecule has 0 aliphatic carbocycles. The van der Waals surface area contributed by atoms with E-state index < -0.39 is 0 Å². The average molecular weight is 287 g/mol. The number of thiazole rings is 1. The lowest BCUT2D eigenvalue weighted by molar-refractivity contribution is 0.188. The summed E-state index contributed by atoms with van der Waals surface area (Å²) in [4.78, 5) is 7.20. The number of piperidine rings is 1. The molecule has 0 bridgehead atoms. The molecule has 1 aromatic heterocycles. The van der Waals surface area contributed by atoms with Crippen LogP contribution in [-0.4, -0.2) is 35.1 Å². The van der Waals surface area contributed by atoms with Crippen LogP contribution in [0.15, 0.2) is 18.2 Å². The van der Waals surface area contributed by atoms with Gasteiger partial charge in [0.15, 0.2) is 0 Å². The summed E-state index contributed by atoms with van der Waals surface area (Å²) in [6.45, 7) is 4.67. The molecule has 0 spiro atoms. The first-order chi connectivity index (χ1) is 9.78. The molecule has 2 unspecified atom stereocenters. The number of fused-ring (bicyclic) bond motifs is 2. The summed E-state index contributed by atoms with van der Waals surface area (Å²) in [7, 11) is 0. The molecule has 0 radical (unpaired) electrons. The SMILES string of the molecule is Cc1nc2ccc(NC3CCN4CCCC4C3)cc2s1. The Hall–Kier alpha value is -1.13. The topological polar surface area (TPSA) is 28.2 Å². The molecule has 106 valence electrons. The molecule has 20 heavy (non-hydrogen) atoms. The number of nitrogens with one attached hydrogen (secondary N) is 1. The van der Waals surface area contributed by atoms with E-state index in [-0.39, 0.29) is 0 Å². The van der Waals surface area contributed by atoms with E-state index in [1.54, 1.807) is 11.3 Å². The smallest absolute Gasteiger partial charge is 0.0907 e. The third-order valence-electron chi connectivity index (χ3n) is 4.69. The highest BCUT2D eigenvalue weighted by Gasteiger charge is 2.31. The maximum atomic E-state index is 4.53. The van der Waals surface area contributed by atoms with Crippen molar-refractivity contribution in [3.63, 3.8) is 0 Å². The number of nitrogens with zero attached hydrogens (tertiary/aromatic N) is 2. The maximum Gasteiger partial charge on any atom is 0.0907 e. The number of aromatic nitrogens is 1. The maximum absolute atomic E-state index is 4.53. The first-order valence-electron chi connectivity index (χ1n) is 7.66. The van der Waals surface area contributed by atoms with Crippen LogP contribution in [0, 0.1) is 6.92 Å². The van der Waals surface area contributed by atoms with Crippen molar-refractivity contribution in [1.29, 1.82) is 0 Å². The van der Waals surface area contributed by atoms with Crippen molar-refractivity contribution >= 4 is 27.2 Å². The Labute approximate surface area is 124 Å². The Bertz CT molecular complexity index is 621. The predicted octanol–water partition coefficient (Wildman–Crippen LogP) is 3.64. The fourth-order valence-electron chi connectivity index (χ4n) is 3.72. The molecular weight excluding hydrogens is 266 g/mol. The number of aryl methyl sites for hydroxylation is 1. The third-order valence-corrected chi connectivity index (χ3v) is 5.62. The zero-order chi connectivity index (χ0) is 13.5. The Morgan fingerprint density at radius 2 is 2.25 bits per heavy atom. The minimum atomic E-state index is 0.640. The van der Waals surface area contributed by atoms with Gasteiger partial charge in [0, 0.05) is 24.3 Å². The van der Waals surface area contributed by atoms with Gasteiger partial charge in [-0.15, -0.1) is 11.3 Å². The van der Waals surface area contributed by atoms with Crippen LogP contribution in [0.4, 0.5) is 5.69 Å². The van der Waals surface area contributed by atoms with Crippen molar-refractivity contribution in [2.45, 2.75) is 44.7 Å². The van der Waals surface area contributed by atoms with Crippen molar-refractivity contribution in [1.82, 2.24) is 9.88 Å². The molecule has 3 heterocycles. The zero-order valence-corrected chi connectivity index (χ0v) is 12.7. The lowest BCUT2D eigenvalue weighted by Gasteiger charge is -2.35. The fourth-order valence-corrected chi connectivity index (χ4v) is 4.59. The van der Waals surface area contributed by atoms with Gasteiger partial charge in [-0.1, -0.05) is 0 Å². The Morgan fingerprint density at radius 1 is 1.30 bits per heavy atom. The second kappa shape index (κ2) is 5.01. The molecule has 2 aliphatic heterocycles. The predicted molar refractivity (Wildman–Crippen MR) is 85.6 cm³/mol. The van der Waals surface area contributed by atoms with E-state index >= 15 is 0 Å². The summed E-state index contributed by atoms with van der Waals surface area (Å²) >= 11 is 1.78. The fraction of sp³-hybridized carbons (Fsp3) is 0.562. The zero-order valence-electron chi connectivity index (χ0n) is 11.9. The molecular formula is C16H21N3S. The molecule has 0 saturated carbocycles. The van der Waals surface area contributed by atoms with Gasteiger partial charge in [-0.25, -0.2) is 4.98 Å². The van der Waals surface area contributed by atoms with E-state index in [0.717, 1.165) is 16.6 Å². The minimum Gasteiger partial charge on any atom is -0.382 e. The van der Waals surface area contributed by atoms with Crippen LogP contribution in [0.3, 0.4) is 0 Å². The van der Waals surface area contributed by atoms with Gasteiger partial charge in [0.25, 0.3) is 0 Å². The van der Waals surface area contributed by atoms with E-state index in [0.29, 0.717) is 6.04 Å². The van der Waals surface area contributed by atoms with E-state index in [4.69, 9.17) is 0 Å². The van der Waals surface area contributed by atoms with Gasteiger partial charge in [0.2, 0.25) is 0 Å². The monoisotopic (exact) mass is 287 g/mol. The van der Waals surface area contributed by atoms with Crippen molar-refractivity contribution < 1.29 is 0 Å². The van der Waals surface area contributed by atoms with Crippen LogP contribution in [0.25, 0.3) is 10.2 Å². The van der Waals surface area contributed by atoms with Crippen LogP contribution in [0.5, 0.6) is 0 Å². The lowest BCUT2D eigenvalue weighted by Crippen LogP contribution is -2.42.